The molecule has 0 aliphatic rings. The van der Waals surface area contributed by atoms with Crippen molar-refractivity contribution >= 4 is 17.9 Å². The van der Waals surface area contributed by atoms with Gasteiger partial charge in [-0.1, -0.05) is 17.7 Å². The summed E-state index contributed by atoms with van der Waals surface area (Å²) in [5.41, 5.74) is 0.679. The zero-order valence-corrected chi connectivity index (χ0v) is 14.2. The van der Waals surface area contributed by atoms with Gasteiger partial charge in [-0.3, -0.25) is 4.98 Å². The van der Waals surface area contributed by atoms with E-state index in [0.717, 1.165) is 12.1 Å². The highest BCUT2D eigenvalue weighted by Gasteiger charge is 2.19. The number of nitrogens with zero attached hydrogens (tertiary/aromatic N) is 2. The fourth-order valence-electron chi connectivity index (χ4n) is 2.49. The van der Waals surface area contributed by atoms with Gasteiger partial charge in [0.1, 0.15) is 23.7 Å². The number of hydrogen-bond donors (Lipinski definition) is 0. The normalized spacial score (nSPS) is 11.8. The minimum absolute atomic E-state index is 0.0223. The predicted molar refractivity (Wildman–Crippen MR) is 92.4 cm³/mol. The number of rotatable bonds is 6. The summed E-state index contributed by atoms with van der Waals surface area (Å²) in [6, 6.07) is 9.78. The molecule has 0 radical (unpaired) electrons. The van der Waals surface area contributed by atoms with Gasteiger partial charge in [0.05, 0.1) is 11.2 Å². The van der Waals surface area contributed by atoms with E-state index in [2.05, 4.69) is 9.97 Å². The number of aromatic nitrogens is 2. The molecule has 0 aliphatic carbocycles. The molecule has 0 spiro atoms. The van der Waals surface area contributed by atoms with Crippen molar-refractivity contribution in [3.05, 3.63) is 82.8 Å². The lowest BCUT2D eigenvalue weighted by molar-refractivity contribution is -0.108. The van der Waals surface area contributed by atoms with Crippen LogP contribution in [0.5, 0.6) is 11.6 Å². The van der Waals surface area contributed by atoms with Crippen LogP contribution in [-0.4, -0.2) is 16.3 Å². The number of carbonyl (C=O) groups is 1. The molecule has 0 aliphatic heterocycles. The largest absolute Gasteiger partial charge is 0.437 e. The lowest BCUT2D eigenvalue weighted by atomic mass is 9.92. The van der Waals surface area contributed by atoms with Gasteiger partial charge in [-0.25, -0.2) is 13.8 Å². The van der Waals surface area contributed by atoms with Gasteiger partial charge in [-0.05, 0) is 29.8 Å². The first-order valence-corrected chi connectivity index (χ1v) is 8.08. The van der Waals surface area contributed by atoms with Crippen LogP contribution in [0.25, 0.3) is 0 Å². The molecular weight excluding hydrogens is 362 g/mol. The molecule has 2 aromatic heterocycles. The summed E-state index contributed by atoms with van der Waals surface area (Å²) in [5.74, 6) is -1.24. The van der Waals surface area contributed by atoms with Gasteiger partial charge in [-0.2, -0.15) is 0 Å². The van der Waals surface area contributed by atoms with E-state index in [1.165, 1.54) is 18.5 Å². The first-order chi connectivity index (χ1) is 12.6. The maximum atomic E-state index is 14.1. The SMILES string of the molecule is O=CCC(c1ccc(Oc2ccc(Cl)cn2)cn1)c1ccc(F)cc1F. The first-order valence-electron chi connectivity index (χ1n) is 7.71. The summed E-state index contributed by atoms with van der Waals surface area (Å²) in [6.45, 7) is 0. The Balaban J connectivity index is 1.84. The molecule has 3 rings (SSSR count). The second-order valence-corrected chi connectivity index (χ2v) is 5.89. The van der Waals surface area contributed by atoms with Crippen molar-refractivity contribution in [3.63, 3.8) is 0 Å². The van der Waals surface area contributed by atoms with E-state index >= 15 is 0 Å². The topological polar surface area (TPSA) is 52.1 Å². The standard InChI is InChI=1S/C19H13ClF2N2O2/c20-12-1-6-19(24-10-12)26-14-3-5-18(23-11-14)16(7-8-25)15-4-2-13(21)9-17(15)22/h1-6,8-11,16H,7H2. The molecule has 0 amide bonds. The number of halogens is 3. The van der Waals surface area contributed by atoms with Crippen LogP contribution in [0, 0.1) is 11.6 Å². The fourth-order valence-corrected chi connectivity index (χ4v) is 2.60. The first kappa shape index (κ1) is 17.9. The molecule has 2 heterocycles. The Hall–Kier alpha value is -2.86. The van der Waals surface area contributed by atoms with Gasteiger partial charge in [0, 0.05) is 36.4 Å². The van der Waals surface area contributed by atoms with E-state index in [1.807, 2.05) is 0 Å². The van der Waals surface area contributed by atoms with Crippen molar-refractivity contribution < 1.29 is 18.3 Å². The van der Waals surface area contributed by atoms with Crippen LogP contribution in [0.4, 0.5) is 8.78 Å². The number of ether oxygens (including phenoxy) is 1. The molecule has 0 saturated heterocycles. The second-order valence-electron chi connectivity index (χ2n) is 5.46. The summed E-state index contributed by atoms with van der Waals surface area (Å²) >= 11 is 5.77. The highest BCUT2D eigenvalue weighted by Crippen LogP contribution is 2.30. The van der Waals surface area contributed by atoms with E-state index in [0.29, 0.717) is 28.6 Å². The molecule has 1 unspecified atom stereocenters. The molecule has 0 fully saturated rings. The van der Waals surface area contributed by atoms with Gasteiger partial charge in [-0.15, -0.1) is 0 Å². The third-order valence-electron chi connectivity index (χ3n) is 3.71. The highest BCUT2D eigenvalue weighted by molar-refractivity contribution is 6.30. The number of carbonyl (C=O) groups excluding carboxylic acids is 1. The van der Waals surface area contributed by atoms with Crippen molar-refractivity contribution in [1.82, 2.24) is 9.97 Å². The lowest BCUT2D eigenvalue weighted by Gasteiger charge is -2.15. The Bertz CT molecular complexity index is 902. The molecule has 1 atom stereocenters. The molecule has 0 saturated carbocycles. The molecule has 7 heteroatoms. The summed E-state index contributed by atoms with van der Waals surface area (Å²) < 4.78 is 32.8. The summed E-state index contributed by atoms with van der Waals surface area (Å²) in [7, 11) is 0. The Morgan fingerprint density at radius 3 is 2.54 bits per heavy atom. The average molecular weight is 375 g/mol. The van der Waals surface area contributed by atoms with Crippen LogP contribution in [0.3, 0.4) is 0 Å². The molecule has 1 aromatic carbocycles. The van der Waals surface area contributed by atoms with E-state index in [9.17, 15) is 13.6 Å². The molecule has 26 heavy (non-hydrogen) atoms. The van der Waals surface area contributed by atoms with Crippen LogP contribution >= 0.6 is 11.6 Å². The van der Waals surface area contributed by atoms with E-state index in [4.69, 9.17) is 16.3 Å². The van der Waals surface area contributed by atoms with Crippen molar-refractivity contribution in [1.29, 1.82) is 0 Å². The minimum atomic E-state index is -0.718. The Morgan fingerprint density at radius 1 is 1.08 bits per heavy atom. The van der Waals surface area contributed by atoms with Crippen molar-refractivity contribution in [2.24, 2.45) is 0 Å². The molecular formula is C19H13ClF2N2O2. The van der Waals surface area contributed by atoms with Crippen molar-refractivity contribution in [2.75, 3.05) is 0 Å². The number of pyridine rings is 2. The maximum absolute atomic E-state index is 14.1. The van der Waals surface area contributed by atoms with E-state index in [1.54, 1.807) is 24.3 Å². The number of benzene rings is 1. The molecule has 0 N–H and O–H groups in total. The molecule has 3 aromatic rings. The fraction of sp³-hybridized carbons (Fsp3) is 0.105. The zero-order valence-electron chi connectivity index (χ0n) is 13.4. The third kappa shape index (κ3) is 4.21. The monoisotopic (exact) mass is 374 g/mol. The van der Waals surface area contributed by atoms with Gasteiger partial charge in [0.15, 0.2) is 0 Å². The molecule has 4 nitrogen and oxygen atoms in total. The molecule has 132 valence electrons. The Morgan fingerprint density at radius 2 is 1.92 bits per heavy atom. The van der Waals surface area contributed by atoms with Gasteiger partial charge >= 0.3 is 0 Å². The van der Waals surface area contributed by atoms with Crippen LogP contribution < -0.4 is 4.74 Å². The summed E-state index contributed by atoms with van der Waals surface area (Å²) in [5, 5.41) is 0.490. The summed E-state index contributed by atoms with van der Waals surface area (Å²) in [4.78, 5) is 19.3. The number of hydrogen-bond acceptors (Lipinski definition) is 4. The second kappa shape index (κ2) is 8.01. The van der Waals surface area contributed by atoms with Gasteiger partial charge in [0.2, 0.25) is 5.88 Å². The smallest absolute Gasteiger partial charge is 0.219 e. The maximum Gasteiger partial charge on any atom is 0.219 e. The van der Waals surface area contributed by atoms with Crippen LogP contribution in [0.2, 0.25) is 5.02 Å². The Labute approximate surface area is 153 Å². The molecule has 0 bridgehead atoms. The van der Waals surface area contributed by atoms with Gasteiger partial charge < -0.3 is 9.53 Å². The van der Waals surface area contributed by atoms with Gasteiger partial charge in [0.25, 0.3) is 0 Å². The zero-order chi connectivity index (χ0) is 18.5. The lowest BCUT2D eigenvalue weighted by Crippen LogP contribution is -2.07. The van der Waals surface area contributed by atoms with E-state index in [-0.39, 0.29) is 12.0 Å². The predicted octanol–water partition coefficient (Wildman–Crippen LogP) is 4.92. The van der Waals surface area contributed by atoms with Crippen LogP contribution in [-0.2, 0) is 4.79 Å². The Kier molecular flexibility index (Phi) is 5.53. The number of aldehydes is 1. The minimum Gasteiger partial charge on any atom is -0.437 e. The average Bonchev–Trinajstić information content (AvgIpc) is 2.63. The quantitative estimate of drug-likeness (QED) is 0.574. The third-order valence-corrected chi connectivity index (χ3v) is 3.93. The van der Waals surface area contributed by atoms with Crippen molar-refractivity contribution in [2.45, 2.75) is 12.3 Å². The van der Waals surface area contributed by atoms with Crippen LogP contribution in [0.15, 0.2) is 54.9 Å². The highest BCUT2D eigenvalue weighted by atomic mass is 35.5. The van der Waals surface area contributed by atoms with Crippen molar-refractivity contribution in [3.8, 4) is 11.6 Å². The van der Waals surface area contributed by atoms with E-state index < -0.39 is 17.6 Å². The van der Waals surface area contributed by atoms with Crippen LogP contribution in [0.1, 0.15) is 23.6 Å². The summed E-state index contributed by atoms with van der Waals surface area (Å²) in [6.07, 6.45) is 3.60.